The molecule has 2 heterocycles. The van der Waals surface area contributed by atoms with Crippen LogP contribution in [0.5, 0.6) is 0 Å². The fourth-order valence-corrected chi connectivity index (χ4v) is 4.20. The summed E-state index contributed by atoms with van der Waals surface area (Å²) in [4.78, 5) is 5.70. The molecule has 0 aliphatic carbocycles. The van der Waals surface area contributed by atoms with Crippen LogP contribution in [-0.2, 0) is 13.1 Å². The second-order valence-corrected chi connectivity index (χ2v) is 7.05. The van der Waals surface area contributed by atoms with Gasteiger partial charge in [0.05, 0.1) is 0 Å². The Labute approximate surface area is 122 Å². The minimum atomic E-state index is 0.801. The van der Waals surface area contributed by atoms with Crippen LogP contribution in [0, 0.1) is 6.92 Å². The largest absolute Gasteiger partial charge is 0.315 e. The summed E-state index contributed by atoms with van der Waals surface area (Å²) in [6, 6.07) is 3.21. The molecule has 1 unspecified atom stereocenters. The van der Waals surface area contributed by atoms with Gasteiger partial charge in [0.15, 0.2) is 0 Å². The van der Waals surface area contributed by atoms with E-state index in [2.05, 4.69) is 30.1 Å². The summed E-state index contributed by atoms with van der Waals surface area (Å²) in [6.45, 7) is 8.07. The van der Waals surface area contributed by atoms with E-state index in [1.807, 2.05) is 18.4 Å². The number of aryl methyl sites for hydroxylation is 1. The molecule has 1 atom stereocenters. The summed E-state index contributed by atoms with van der Waals surface area (Å²) in [6.07, 6.45) is 6.90. The first-order valence-corrected chi connectivity index (χ1v) is 8.53. The van der Waals surface area contributed by atoms with Gasteiger partial charge < -0.3 is 5.32 Å². The molecule has 1 aliphatic rings. The van der Waals surface area contributed by atoms with Gasteiger partial charge in [0.2, 0.25) is 0 Å². The van der Waals surface area contributed by atoms with E-state index < -0.39 is 0 Å². The second-order valence-electron chi connectivity index (χ2n) is 5.71. The van der Waals surface area contributed by atoms with Crippen molar-refractivity contribution in [3.05, 3.63) is 21.4 Å². The molecule has 2 nitrogen and oxygen atoms in total. The minimum absolute atomic E-state index is 0.801. The Balaban J connectivity index is 2.05. The van der Waals surface area contributed by atoms with Crippen LogP contribution in [-0.4, -0.2) is 24.5 Å². The molecule has 0 spiro atoms. The molecule has 1 saturated heterocycles. The zero-order valence-corrected chi connectivity index (χ0v) is 13.5. The molecular weight excluding hydrogens is 252 g/mol. The highest BCUT2D eigenvalue weighted by atomic mass is 32.1. The molecule has 0 saturated carbocycles. The Hall–Kier alpha value is -0.380. The first kappa shape index (κ1) is 15.0. The first-order valence-electron chi connectivity index (χ1n) is 7.71. The smallest absolute Gasteiger partial charge is 0.0296 e. The summed E-state index contributed by atoms with van der Waals surface area (Å²) < 4.78 is 0. The standard InChI is InChI=1S/C16H28N2S/c1-4-15-8-6-5-7-9-18(15)12-14-10-16(11-17-3)19-13(14)2/h10,15,17H,4-9,11-12H2,1-3H3. The third kappa shape index (κ3) is 4.04. The molecular formula is C16H28N2S. The number of likely N-dealkylation sites (tertiary alicyclic amines) is 1. The van der Waals surface area contributed by atoms with Gasteiger partial charge in [-0.15, -0.1) is 11.3 Å². The summed E-state index contributed by atoms with van der Waals surface area (Å²) in [5.74, 6) is 0. The normalized spacial score (nSPS) is 21.5. The summed E-state index contributed by atoms with van der Waals surface area (Å²) in [7, 11) is 2.02. The van der Waals surface area contributed by atoms with Crippen LogP contribution in [0.15, 0.2) is 6.07 Å². The van der Waals surface area contributed by atoms with Crippen molar-refractivity contribution in [1.29, 1.82) is 0 Å². The first-order chi connectivity index (χ1) is 9.24. The maximum atomic E-state index is 3.25. The summed E-state index contributed by atoms with van der Waals surface area (Å²) in [5, 5.41) is 3.25. The molecule has 2 rings (SSSR count). The van der Waals surface area contributed by atoms with Gasteiger partial charge >= 0.3 is 0 Å². The number of hydrogen-bond donors (Lipinski definition) is 1. The van der Waals surface area contributed by atoms with Crippen molar-refractivity contribution < 1.29 is 0 Å². The average Bonchev–Trinajstić information content (AvgIpc) is 2.62. The third-order valence-electron chi connectivity index (χ3n) is 4.27. The number of nitrogens with one attached hydrogen (secondary N) is 1. The van der Waals surface area contributed by atoms with Gasteiger partial charge in [-0.25, -0.2) is 0 Å². The lowest BCUT2D eigenvalue weighted by molar-refractivity contribution is 0.186. The van der Waals surface area contributed by atoms with Crippen molar-refractivity contribution in [2.75, 3.05) is 13.6 Å². The van der Waals surface area contributed by atoms with Crippen LogP contribution >= 0.6 is 11.3 Å². The van der Waals surface area contributed by atoms with E-state index >= 15 is 0 Å². The monoisotopic (exact) mass is 280 g/mol. The molecule has 108 valence electrons. The lowest BCUT2D eigenvalue weighted by atomic mass is 10.1. The van der Waals surface area contributed by atoms with E-state index in [0.717, 1.165) is 19.1 Å². The second kappa shape index (κ2) is 7.41. The van der Waals surface area contributed by atoms with Gasteiger partial charge in [-0.05, 0) is 51.4 Å². The third-order valence-corrected chi connectivity index (χ3v) is 5.36. The van der Waals surface area contributed by atoms with Gasteiger partial charge in [-0.2, -0.15) is 0 Å². The molecule has 0 amide bonds. The Bertz CT molecular complexity index is 386. The van der Waals surface area contributed by atoms with Crippen LogP contribution < -0.4 is 5.32 Å². The average molecular weight is 280 g/mol. The van der Waals surface area contributed by atoms with Crippen molar-refractivity contribution in [3.63, 3.8) is 0 Å². The molecule has 1 aromatic heterocycles. The van der Waals surface area contributed by atoms with E-state index in [0.29, 0.717) is 0 Å². The van der Waals surface area contributed by atoms with E-state index in [9.17, 15) is 0 Å². The van der Waals surface area contributed by atoms with Crippen molar-refractivity contribution >= 4 is 11.3 Å². The molecule has 1 N–H and O–H groups in total. The Morgan fingerprint density at radius 2 is 2.21 bits per heavy atom. The van der Waals surface area contributed by atoms with Gasteiger partial charge in [-0.1, -0.05) is 19.8 Å². The van der Waals surface area contributed by atoms with Gasteiger partial charge in [0.1, 0.15) is 0 Å². The Morgan fingerprint density at radius 3 is 2.95 bits per heavy atom. The quantitative estimate of drug-likeness (QED) is 0.879. The Morgan fingerprint density at radius 1 is 1.37 bits per heavy atom. The zero-order valence-electron chi connectivity index (χ0n) is 12.7. The van der Waals surface area contributed by atoms with Crippen LogP contribution in [0.1, 0.15) is 54.3 Å². The molecule has 0 radical (unpaired) electrons. The van der Waals surface area contributed by atoms with E-state index in [4.69, 9.17) is 0 Å². The topological polar surface area (TPSA) is 15.3 Å². The van der Waals surface area contributed by atoms with Gasteiger partial charge in [-0.3, -0.25) is 4.90 Å². The number of nitrogens with zero attached hydrogens (tertiary/aromatic N) is 1. The Kier molecular flexibility index (Phi) is 5.86. The van der Waals surface area contributed by atoms with Crippen LogP contribution in [0.25, 0.3) is 0 Å². The van der Waals surface area contributed by atoms with E-state index in [1.54, 1.807) is 5.56 Å². The maximum Gasteiger partial charge on any atom is 0.0296 e. The number of hydrogen-bond acceptors (Lipinski definition) is 3. The molecule has 1 aromatic rings. The zero-order chi connectivity index (χ0) is 13.7. The number of rotatable bonds is 5. The van der Waals surface area contributed by atoms with Crippen LogP contribution in [0.4, 0.5) is 0 Å². The highest BCUT2D eigenvalue weighted by Gasteiger charge is 2.20. The summed E-state index contributed by atoms with van der Waals surface area (Å²) in [5.41, 5.74) is 1.55. The molecule has 1 fully saturated rings. The molecule has 0 aromatic carbocycles. The van der Waals surface area contributed by atoms with Crippen molar-refractivity contribution in [2.24, 2.45) is 0 Å². The lowest BCUT2D eigenvalue weighted by Crippen LogP contribution is -2.33. The molecule has 3 heteroatoms. The van der Waals surface area contributed by atoms with E-state index in [-0.39, 0.29) is 0 Å². The molecule has 19 heavy (non-hydrogen) atoms. The van der Waals surface area contributed by atoms with Crippen molar-refractivity contribution in [1.82, 2.24) is 10.2 Å². The van der Waals surface area contributed by atoms with Gasteiger partial charge in [0, 0.05) is 28.9 Å². The fraction of sp³-hybridized carbons (Fsp3) is 0.750. The highest BCUT2D eigenvalue weighted by molar-refractivity contribution is 7.12. The maximum absolute atomic E-state index is 3.25. The van der Waals surface area contributed by atoms with Crippen molar-refractivity contribution in [2.45, 2.75) is 65.1 Å². The van der Waals surface area contributed by atoms with E-state index in [1.165, 1.54) is 48.4 Å². The predicted octanol–water partition coefficient (Wildman–Crippen LogP) is 3.93. The van der Waals surface area contributed by atoms with Gasteiger partial charge in [0.25, 0.3) is 0 Å². The lowest BCUT2D eigenvalue weighted by Gasteiger charge is -2.29. The highest BCUT2D eigenvalue weighted by Crippen LogP contribution is 2.26. The van der Waals surface area contributed by atoms with Crippen LogP contribution in [0.2, 0.25) is 0 Å². The SMILES string of the molecule is CCC1CCCCCN1Cc1cc(CNC)sc1C. The number of thiophene rings is 1. The molecule has 0 bridgehead atoms. The molecule has 1 aliphatic heterocycles. The predicted molar refractivity (Wildman–Crippen MR) is 84.8 cm³/mol. The van der Waals surface area contributed by atoms with Crippen molar-refractivity contribution in [3.8, 4) is 0 Å². The summed E-state index contributed by atoms with van der Waals surface area (Å²) >= 11 is 1.95. The minimum Gasteiger partial charge on any atom is -0.315 e. The van der Waals surface area contributed by atoms with Crippen LogP contribution in [0.3, 0.4) is 0 Å². The fourth-order valence-electron chi connectivity index (χ4n) is 3.13.